The summed E-state index contributed by atoms with van der Waals surface area (Å²) in [7, 11) is 0. The van der Waals surface area contributed by atoms with Crippen molar-refractivity contribution < 1.29 is 4.79 Å². The Morgan fingerprint density at radius 2 is 2.21 bits per heavy atom. The summed E-state index contributed by atoms with van der Waals surface area (Å²) in [5.74, 6) is 1.84. The van der Waals surface area contributed by atoms with Gasteiger partial charge in [0.1, 0.15) is 0 Å². The molecule has 2 atom stereocenters. The predicted molar refractivity (Wildman–Crippen MR) is 84.0 cm³/mol. The van der Waals surface area contributed by atoms with E-state index in [4.69, 9.17) is 0 Å². The van der Waals surface area contributed by atoms with Crippen molar-refractivity contribution in [1.82, 2.24) is 10.6 Å². The summed E-state index contributed by atoms with van der Waals surface area (Å²) in [6.07, 6.45) is 0. The van der Waals surface area contributed by atoms with Crippen molar-refractivity contribution in [3.63, 3.8) is 0 Å². The van der Waals surface area contributed by atoms with Gasteiger partial charge in [0.2, 0.25) is 5.91 Å². The van der Waals surface area contributed by atoms with E-state index in [0.29, 0.717) is 0 Å². The molecule has 19 heavy (non-hydrogen) atoms. The van der Waals surface area contributed by atoms with Crippen molar-refractivity contribution in [2.75, 3.05) is 11.6 Å². The third-order valence-electron chi connectivity index (χ3n) is 3.28. The molecule has 1 aliphatic heterocycles. The zero-order valence-corrected chi connectivity index (χ0v) is 13.2. The first kappa shape index (κ1) is 16.3. The van der Waals surface area contributed by atoms with Gasteiger partial charge in [0, 0.05) is 11.6 Å². The topological polar surface area (TPSA) is 41.1 Å². The maximum Gasteiger partial charge on any atom is 0.238 e. The molecule has 0 aliphatic carbocycles. The Morgan fingerprint density at radius 3 is 2.79 bits per heavy atom. The second kappa shape index (κ2) is 7.17. The van der Waals surface area contributed by atoms with Crippen LogP contribution in [0.2, 0.25) is 0 Å². The van der Waals surface area contributed by atoms with Gasteiger partial charge in [-0.05, 0) is 31.9 Å². The summed E-state index contributed by atoms with van der Waals surface area (Å²) >= 11 is 1.77. The molecule has 1 saturated heterocycles. The van der Waals surface area contributed by atoms with E-state index < -0.39 is 0 Å². The Bertz CT molecular complexity index is 447. The van der Waals surface area contributed by atoms with Crippen LogP contribution in [-0.2, 0) is 4.79 Å². The van der Waals surface area contributed by atoms with E-state index in [1.807, 2.05) is 6.92 Å². The van der Waals surface area contributed by atoms with Crippen molar-refractivity contribution in [2.45, 2.75) is 32.9 Å². The highest BCUT2D eigenvalue weighted by molar-refractivity contribution is 7.99. The lowest BCUT2D eigenvalue weighted by Gasteiger charge is -2.19. The fraction of sp³-hybridized carbons (Fsp3) is 0.500. The van der Waals surface area contributed by atoms with Crippen LogP contribution in [0.15, 0.2) is 18.2 Å². The molecule has 1 amide bonds. The second-order valence-electron chi connectivity index (χ2n) is 4.86. The molecular formula is C14H21ClN2OS. The SMILES string of the molecule is Cc1ccc(C(C)NC(=O)C2CSCN2)c(C)c1.Cl. The molecule has 1 aromatic rings. The van der Waals surface area contributed by atoms with Crippen molar-refractivity contribution in [3.8, 4) is 0 Å². The summed E-state index contributed by atoms with van der Waals surface area (Å²) < 4.78 is 0. The van der Waals surface area contributed by atoms with Gasteiger partial charge in [0.25, 0.3) is 0 Å². The fourth-order valence-electron chi connectivity index (χ4n) is 2.27. The summed E-state index contributed by atoms with van der Waals surface area (Å²) in [4.78, 5) is 12.0. The summed E-state index contributed by atoms with van der Waals surface area (Å²) in [5, 5.41) is 6.27. The Morgan fingerprint density at radius 1 is 1.47 bits per heavy atom. The molecule has 5 heteroatoms. The molecule has 106 valence electrons. The molecule has 1 heterocycles. The van der Waals surface area contributed by atoms with Crippen molar-refractivity contribution in [2.24, 2.45) is 0 Å². The molecule has 0 saturated carbocycles. The van der Waals surface area contributed by atoms with Crippen LogP contribution in [-0.4, -0.2) is 23.6 Å². The standard InChI is InChI=1S/C14H20N2OS.ClH/c1-9-4-5-12(10(2)6-9)11(3)16-14(17)13-7-18-8-15-13;/h4-6,11,13,15H,7-8H2,1-3H3,(H,16,17);1H. The van der Waals surface area contributed by atoms with Gasteiger partial charge in [0.15, 0.2) is 0 Å². The maximum absolute atomic E-state index is 12.0. The molecule has 1 fully saturated rings. The zero-order valence-electron chi connectivity index (χ0n) is 11.5. The number of amides is 1. The number of benzene rings is 1. The largest absolute Gasteiger partial charge is 0.348 e. The first-order valence-corrected chi connectivity index (χ1v) is 7.42. The number of halogens is 1. The minimum absolute atomic E-state index is 0. The highest BCUT2D eigenvalue weighted by atomic mass is 35.5. The fourth-order valence-corrected chi connectivity index (χ4v) is 3.21. The average Bonchev–Trinajstić information content (AvgIpc) is 2.81. The lowest BCUT2D eigenvalue weighted by Crippen LogP contribution is -2.43. The van der Waals surface area contributed by atoms with Crippen molar-refractivity contribution in [1.29, 1.82) is 0 Å². The molecule has 1 aromatic carbocycles. The first-order chi connectivity index (χ1) is 8.58. The summed E-state index contributed by atoms with van der Waals surface area (Å²) in [6.45, 7) is 6.21. The molecule has 0 aromatic heterocycles. The van der Waals surface area contributed by atoms with Gasteiger partial charge in [-0.15, -0.1) is 24.2 Å². The molecule has 0 spiro atoms. The van der Waals surface area contributed by atoms with E-state index in [1.54, 1.807) is 11.8 Å². The van der Waals surface area contributed by atoms with Crippen LogP contribution in [0.5, 0.6) is 0 Å². The van der Waals surface area contributed by atoms with Crippen LogP contribution in [0, 0.1) is 13.8 Å². The number of hydrogen-bond donors (Lipinski definition) is 2. The molecule has 1 aliphatic rings. The van der Waals surface area contributed by atoms with Gasteiger partial charge in [0.05, 0.1) is 12.1 Å². The van der Waals surface area contributed by atoms with Gasteiger partial charge in [-0.2, -0.15) is 0 Å². The number of hydrogen-bond acceptors (Lipinski definition) is 3. The van der Waals surface area contributed by atoms with Gasteiger partial charge in [-0.25, -0.2) is 0 Å². The molecule has 0 radical (unpaired) electrons. The molecule has 3 nitrogen and oxygen atoms in total. The van der Waals surface area contributed by atoms with Gasteiger partial charge < -0.3 is 5.32 Å². The molecular weight excluding hydrogens is 280 g/mol. The Kier molecular flexibility index (Phi) is 6.17. The molecule has 0 bridgehead atoms. The highest BCUT2D eigenvalue weighted by Crippen LogP contribution is 2.19. The van der Waals surface area contributed by atoms with E-state index in [2.05, 4.69) is 42.7 Å². The lowest BCUT2D eigenvalue weighted by atomic mass is 10.00. The van der Waals surface area contributed by atoms with E-state index in [1.165, 1.54) is 16.7 Å². The highest BCUT2D eigenvalue weighted by Gasteiger charge is 2.24. The monoisotopic (exact) mass is 300 g/mol. The van der Waals surface area contributed by atoms with Gasteiger partial charge >= 0.3 is 0 Å². The molecule has 2 N–H and O–H groups in total. The number of aryl methyl sites for hydroxylation is 2. The quantitative estimate of drug-likeness (QED) is 0.901. The zero-order chi connectivity index (χ0) is 13.1. The second-order valence-corrected chi connectivity index (χ2v) is 5.89. The van der Waals surface area contributed by atoms with Crippen molar-refractivity contribution >= 4 is 30.1 Å². The lowest BCUT2D eigenvalue weighted by molar-refractivity contribution is -0.123. The van der Waals surface area contributed by atoms with Crippen LogP contribution in [0.4, 0.5) is 0 Å². The van der Waals surface area contributed by atoms with Crippen LogP contribution < -0.4 is 10.6 Å². The van der Waals surface area contributed by atoms with E-state index in [0.717, 1.165) is 11.6 Å². The van der Waals surface area contributed by atoms with Crippen LogP contribution >= 0.6 is 24.2 Å². The number of carbonyl (C=O) groups excluding carboxylic acids is 1. The minimum atomic E-state index is -0.0387. The van der Waals surface area contributed by atoms with Gasteiger partial charge in [-0.1, -0.05) is 23.8 Å². The normalized spacial score (nSPS) is 19.6. The van der Waals surface area contributed by atoms with E-state index in [9.17, 15) is 4.79 Å². The summed E-state index contributed by atoms with van der Waals surface area (Å²) in [5.41, 5.74) is 3.68. The smallest absolute Gasteiger partial charge is 0.238 e. The van der Waals surface area contributed by atoms with Crippen LogP contribution in [0.1, 0.15) is 29.7 Å². The predicted octanol–water partition coefficient (Wildman–Crippen LogP) is 2.56. The number of thioether (sulfide) groups is 1. The number of rotatable bonds is 3. The average molecular weight is 301 g/mol. The molecule has 2 unspecified atom stereocenters. The number of carbonyl (C=O) groups is 1. The summed E-state index contributed by atoms with van der Waals surface area (Å²) in [6, 6.07) is 6.37. The Hall–Kier alpha value is -0.710. The van der Waals surface area contributed by atoms with Crippen LogP contribution in [0.25, 0.3) is 0 Å². The van der Waals surface area contributed by atoms with Crippen LogP contribution in [0.3, 0.4) is 0 Å². The third kappa shape index (κ3) is 4.13. The van der Waals surface area contributed by atoms with E-state index in [-0.39, 0.29) is 30.4 Å². The number of nitrogens with one attached hydrogen (secondary N) is 2. The first-order valence-electron chi connectivity index (χ1n) is 6.26. The van der Waals surface area contributed by atoms with Gasteiger partial charge in [-0.3, -0.25) is 10.1 Å². The minimum Gasteiger partial charge on any atom is -0.348 e. The Labute approximate surface area is 125 Å². The van der Waals surface area contributed by atoms with Crippen molar-refractivity contribution in [3.05, 3.63) is 34.9 Å². The Balaban J connectivity index is 0.00000180. The third-order valence-corrected chi connectivity index (χ3v) is 4.22. The maximum atomic E-state index is 12.0. The molecule has 2 rings (SSSR count). The van der Waals surface area contributed by atoms with E-state index >= 15 is 0 Å².